The standard InChI is InChI=1S/C21H24ClN3O5/c1-14(23-19(26)17-8-5-13-30-17)20(27)25-11-9-24(10-12-25)18(21(28)29-2)15-6-3-4-7-16(15)22/h3-8,13-14,18H,9-12H2,1-2H3,(H,23,26)/t14-,18-/m0/s1. The maximum absolute atomic E-state index is 12.7. The SMILES string of the molecule is COC(=O)[C@H](c1ccccc1Cl)N1CCN(C(=O)[C@H](C)NC(=O)c2ccco2)CC1. The molecule has 1 saturated heterocycles. The molecule has 2 atom stereocenters. The summed E-state index contributed by atoms with van der Waals surface area (Å²) in [7, 11) is 1.34. The number of hydrogen-bond donors (Lipinski definition) is 1. The van der Waals surface area contributed by atoms with Gasteiger partial charge >= 0.3 is 5.97 Å². The van der Waals surface area contributed by atoms with Crippen molar-refractivity contribution in [2.75, 3.05) is 33.3 Å². The molecule has 1 aliphatic rings. The molecule has 160 valence electrons. The average molecular weight is 434 g/mol. The lowest BCUT2D eigenvalue weighted by Gasteiger charge is -2.39. The number of benzene rings is 1. The Morgan fingerprint density at radius 1 is 1.10 bits per heavy atom. The average Bonchev–Trinajstić information content (AvgIpc) is 3.30. The van der Waals surface area contributed by atoms with E-state index < -0.39 is 24.0 Å². The normalized spacial score (nSPS) is 16.6. The van der Waals surface area contributed by atoms with Crippen LogP contribution in [0.1, 0.15) is 29.1 Å². The number of amides is 2. The smallest absolute Gasteiger partial charge is 0.327 e. The third kappa shape index (κ3) is 4.83. The van der Waals surface area contributed by atoms with E-state index >= 15 is 0 Å². The first kappa shape index (κ1) is 21.9. The lowest BCUT2D eigenvalue weighted by molar-refractivity contribution is -0.148. The Hall–Kier alpha value is -2.84. The molecule has 30 heavy (non-hydrogen) atoms. The molecular formula is C21H24ClN3O5. The molecule has 0 unspecified atom stereocenters. The Morgan fingerprint density at radius 3 is 2.40 bits per heavy atom. The van der Waals surface area contributed by atoms with Crippen molar-refractivity contribution < 1.29 is 23.5 Å². The Morgan fingerprint density at radius 2 is 1.80 bits per heavy atom. The second kappa shape index (κ2) is 9.77. The Bertz CT molecular complexity index is 894. The largest absolute Gasteiger partial charge is 0.468 e. The summed E-state index contributed by atoms with van der Waals surface area (Å²) in [6, 6.07) is 8.95. The summed E-state index contributed by atoms with van der Waals surface area (Å²) in [6.45, 7) is 3.40. The molecule has 2 heterocycles. The second-order valence-electron chi connectivity index (χ2n) is 6.98. The molecule has 1 aromatic heterocycles. The Balaban J connectivity index is 1.62. The third-order valence-corrected chi connectivity index (χ3v) is 5.42. The van der Waals surface area contributed by atoms with E-state index in [4.69, 9.17) is 20.8 Å². The van der Waals surface area contributed by atoms with E-state index in [1.807, 2.05) is 11.0 Å². The van der Waals surface area contributed by atoms with Crippen LogP contribution >= 0.6 is 11.6 Å². The van der Waals surface area contributed by atoms with Gasteiger partial charge in [-0.05, 0) is 30.7 Å². The molecule has 0 aliphatic carbocycles. The quantitative estimate of drug-likeness (QED) is 0.701. The van der Waals surface area contributed by atoms with Crippen LogP contribution in [0, 0.1) is 0 Å². The van der Waals surface area contributed by atoms with Crippen molar-refractivity contribution in [1.29, 1.82) is 0 Å². The van der Waals surface area contributed by atoms with Crippen molar-refractivity contribution in [3.05, 3.63) is 59.0 Å². The number of methoxy groups -OCH3 is 1. The number of carbonyl (C=O) groups excluding carboxylic acids is 3. The molecule has 0 bridgehead atoms. The van der Waals surface area contributed by atoms with Crippen LogP contribution in [0.15, 0.2) is 47.1 Å². The molecular weight excluding hydrogens is 410 g/mol. The third-order valence-electron chi connectivity index (χ3n) is 5.08. The number of rotatable bonds is 6. The van der Waals surface area contributed by atoms with E-state index in [-0.39, 0.29) is 11.7 Å². The highest BCUT2D eigenvalue weighted by Crippen LogP contribution is 2.29. The fraction of sp³-hybridized carbons (Fsp3) is 0.381. The minimum atomic E-state index is -0.700. The van der Waals surface area contributed by atoms with Gasteiger partial charge in [-0.25, -0.2) is 4.79 Å². The molecule has 9 heteroatoms. The van der Waals surface area contributed by atoms with Crippen molar-refractivity contribution in [2.24, 2.45) is 0 Å². The number of nitrogens with one attached hydrogen (secondary N) is 1. The first-order chi connectivity index (χ1) is 14.4. The van der Waals surface area contributed by atoms with E-state index in [1.165, 1.54) is 19.4 Å². The van der Waals surface area contributed by atoms with Crippen LogP contribution in [0.5, 0.6) is 0 Å². The minimum absolute atomic E-state index is 0.153. The van der Waals surface area contributed by atoms with Crippen LogP contribution in [-0.4, -0.2) is 66.9 Å². The molecule has 1 aromatic carbocycles. The maximum Gasteiger partial charge on any atom is 0.327 e. The summed E-state index contributed by atoms with van der Waals surface area (Å²) in [5.41, 5.74) is 0.671. The monoisotopic (exact) mass is 433 g/mol. The molecule has 8 nitrogen and oxygen atoms in total. The van der Waals surface area contributed by atoms with Gasteiger partial charge in [0.15, 0.2) is 5.76 Å². The number of ether oxygens (including phenoxy) is 1. The van der Waals surface area contributed by atoms with Crippen LogP contribution in [0.3, 0.4) is 0 Å². The van der Waals surface area contributed by atoms with Gasteiger partial charge in [0.1, 0.15) is 12.1 Å². The molecule has 1 fully saturated rings. The maximum atomic E-state index is 12.7. The fourth-order valence-corrected chi connectivity index (χ4v) is 3.73. The van der Waals surface area contributed by atoms with Crippen LogP contribution in [0.25, 0.3) is 0 Å². The van der Waals surface area contributed by atoms with Crippen LogP contribution < -0.4 is 5.32 Å². The molecule has 0 radical (unpaired) electrons. The molecule has 2 amide bonds. The van der Waals surface area contributed by atoms with Crippen molar-refractivity contribution in [3.8, 4) is 0 Å². The molecule has 3 rings (SSSR count). The van der Waals surface area contributed by atoms with E-state index in [0.29, 0.717) is 36.8 Å². The number of nitrogens with zero attached hydrogens (tertiary/aromatic N) is 2. The minimum Gasteiger partial charge on any atom is -0.468 e. The number of esters is 1. The van der Waals surface area contributed by atoms with E-state index in [1.54, 1.807) is 36.1 Å². The second-order valence-corrected chi connectivity index (χ2v) is 7.39. The van der Waals surface area contributed by atoms with Crippen LogP contribution in [0.4, 0.5) is 0 Å². The van der Waals surface area contributed by atoms with Gasteiger partial charge in [-0.15, -0.1) is 0 Å². The number of furan rings is 1. The molecule has 0 saturated carbocycles. The lowest BCUT2D eigenvalue weighted by Crippen LogP contribution is -2.55. The van der Waals surface area contributed by atoms with Gasteiger partial charge in [0.2, 0.25) is 5.91 Å². The summed E-state index contributed by atoms with van der Waals surface area (Å²) in [5.74, 6) is -0.882. The Kier molecular flexibility index (Phi) is 7.12. The van der Waals surface area contributed by atoms with Gasteiger partial charge in [0.25, 0.3) is 5.91 Å². The van der Waals surface area contributed by atoms with Crippen molar-refractivity contribution in [1.82, 2.24) is 15.1 Å². The molecule has 2 aromatic rings. The van der Waals surface area contributed by atoms with Gasteiger partial charge in [0.05, 0.1) is 13.4 Å². The number of halogens is 1. The van der Waals surface area contributed by atoms with E-state index in [2.05, 4.69) is 5.32 Å². The molecule has 1 N–H and O–H groups in total. The topological polar surface area (TPSA) is 92.1 Å². The van der Waals surface area contributed by atoms with Gasteiger partial charge in [-0.2, -0.15) is 0 Å². The zero-order chi connectivity index (χ0) is 21.7. The highest BCUT2D eigenvalue weighted by Gasteiger charge is 2.34. The number of carbonyl (C=O) groups is 3. The van der Waals surface area contributed by atoms with Gasteiger partial charge in [-0.3, -0.25) is 14.5 Å². The number of piperazine rings is 1. The summed E-state index contributed by atoms with van der Waals surface area (Å²) in [4.78, 5) is 40.9. The zero-order valence-corrected chi connectivity index (χ0v) is 17.6. The van der Waals surface area contributed by atoms with Crippen LogP contribution in [-0.2, 0) is 14.3 Å². The van der Waals surface area contributed by atoms with Crippen molar-refractivity contribution >= 4 is 29.4 Å². The molecule has 1 aliphatic heterocycles. The Labute approximate surface area is 179 Å². The summed E-state index contributed by atoms with van der Waals surface area (Å²) in [6.07, 6.45) is 1.40. The predicted octanol–water partition coefficient (Wildman–Crippen LogP) is 2.11. The fourth-order valence-electron chi connectivity index (χ4n) is 3.49. The van der Waals surface area contributed by atoms with Crippen molar-refractivity contribution in [3.63, 3.8) is 0 Å². The highest BCUT2D eigenvalue weighted by atomic mass is 35.5. The lowest BCUT2D eigenvalue weighted by atomic mass is 10.0. The van der Waals surface area contributed by atoms with Crippen molar-refractivity contribution in [2.45, 2.75) is 19.0 Å². The molecule has 0 spiro atoms. The van der Waals surface area contributed by atoms with Gasteiger partial charge in [-0.1, -0.05) is 29.8 Å². The first-order valence-electron chi connectivity index (χ1n) is 9.62. The first-order valence-corrected chi connectivity index (χ1v) is 9.99. The summed E-state index contributed by atoms with van der Waals surface area (Å²) in [5, 5.41) is 3.13. The van der Waals surface area contributed by atoms with E-state index in [0.717, 1.165) is 0 Å². The van der Waals surface area contributed by atoms with E-state index in [9.17, 15) is 14.4 Å². The highest BCUT2D eigenvalue weighted by molar-refractivity contribution is 6.31. The zero-order valence-electron chi connectivity index (χ0n) is 16.8. The summed E-state index contributed by atoms with van der Waals surface area (Å²) >= 11 is 6.30. The van der Waals surface area contributed by atoms with Gasteiger partial charge in [0, 0.05) is 31.2 Å². The van der Waals surface area contributed by atoms with Gasteiger partial charge < -0.3 is 19.4 Å². The predicted molar refractivity (Wildman–Crippen MR) is 110 cm³/mol. The summed E-state index contributed by atoms with van der Waals surface area (Å²) < 4.78 is 10.0. The number of hydrogen-bond acceptors (Lipinski definition) is 6. The van der Waals surface area contributed by atoms with Crippen LogP contribution in [0.2, 0.25) is 5.02 Å².